The van der Waals surface area contributed by atoms with Gasteiger partial charge in [0.25, 0.3) is 0 Å². The third-order valence-electron chi connectivity index (χ3n) is 3.84. The first-order valence-electron chi connectivity index (χ1n) is 6.90. The minimum Gasteiger partial charge on any atom is -0.456 e. The highest BCUT2D eigenvalue weighted by molar-refractivity contribution is 6.03. The number of rotatable bonds is 1. The van der Waals surface area contributed by atoms with E-state index in [9.17, 15) is 4.79 Å². The summed E-state index contributed by atoms with van der Waals surface area (Å²) in [5.41, 5.74) is 5.49. The molecule has 0 atom stereocenters. The van der Waals surface area contributed by atoms with E-state index >= 15 is 0 Å². The highest BCUT2D eigenvalue weighted by Gasteiger charge is 2.28. The second kappa shape index (κ2) is 4.42. The Bertz CT molecular complexity index is 869. The molecule has 0 bridgehead atoms. The van der Waals surface area contributed by atoms with Crippen LogP contribution in [-0.4, -0.2) is 11.0 Å². The smallest absolute Gasteiger partial charge is 0.357 e. The summed E-state index contributed by atoms with van der Waals surface area (Å²) in [5.74, 6) is -0.329. The van der Waals surface area contributed by atoms with Crippen molar-refractivity contribution in [2.75, 3.05) is 0 Å². The quantitative estimate of drug-likeness (QED) is 0.633. The van der Waals surface area contributed by atoms with Gasteiger partial charge >= 0.3 is 5.97 Å². The van der Waals surface area contributed by atoms with Crippen LogP contribution in [0.5, 0.6) is 0 Å². The molecule has 3 aromatic rings. The standard InChI is InChI=1S/C18H13NO2/c1-11-7-8-15-13(9-11)16(12-5-3-2-4-6-12)14-10-21-18(20)17(14)19-15/h2-9H,10H2,1H3. The Morgan fingerprint density at radius 3 is 2.71 bits per heavy atom. The highest BCUT2D eigenvalue weighted by atomic mass is 16.5. The molecule has 0 saturated carbocycles. The average molecular weight is 275 g/mol. The largest absolute Gasteiger partial charge is 0.456 e. The van der Waals surface area contributed by atoms with Gasteiger partial charge in [-0.15, -0.1) is 0 Å². The molecule has 1 aromatic heterocycles. The molecule has 4 rings (SSSR count). The van der Waals surface area contributed by atoms with Crippen molar-refractivity contribution >= 4 is 16.9 Å². The van der Waals surface area contributed by atoms with E-state index in [1.165, 1.54) is 5.56 Å². The van der Waals surface area contributed by atoms with Gasteiger partial charge in [0.2, 0.25) is 0 Å². The van der Waals surface area contributed by atoms with Crippen LogP contribution in [0.4, 0.5) is 0 Å². The van der Waals surface area contributed by atoms with E-state index in [0.29, 0.717) is 12.3 Å². The molecule has 0 N–H and O–H groups in total. The fourth-order valence-electron chi connectivity index (χ4n) is 2.87. The third kappa shape index (κ3) is 1.82. The average Bonchev–Trinajstić information content (AvgIpc) is 2.87. The first-order valence-corrected chi connectivity index (χ1v) is 6.90. The monoisotopic (exact) mass is 275 g/mol. The summed E-state index contributed by atoms with van der Waals surface area (Å²) in [4.78, 5) is 16.4. The van der Waals surface area contributed by atoms with Crippen molar-refractivity contribution in [1.82, 2.24) is 4.98 Å². The second-order valence-corrected chi connectivity index (χ2v) is 5.28. The minimum atomic E-state index is -0.329. The second-order valence-electron chi connectivity index (χ2n) is 5.28. The van der Waals surface area contributed by atoms with Gasteiger partial charge in [-0.1, -0.05) is 42.0 Å². The minimum absolute atomic E-state index is 0.301. The number of fused-ring (bicyclic) bond motifs is 2. The molecule has 0 saturated heterocycles. The van der Waals surface area contributed by atoms with Gasteiger partial charge in [-0.2, -0.15) is 0 Å². The summed E-state index contributed by atoms with van der Waals surface area (Å²) in [6.07, 6.45) is 0. The predicted molar refractivity (Wildman–Crippen MR) is 81.0 cm³/mol. The molecule has 2 aromatic carbocycles. The number of esters is 1. The molecular weight excluding hydrogens is 262 g/mol. The number of hydrogen-bond donors (Lipinski definition) is 0. The number of hydrogen-bond acceptors (Lipinski definition) is 3. The van der Waals surface area contributed by atoms with E-state index in [-0.39, 0.29) is 5.97 Å². The Morgan fingerprint density at radius 1 is 1.10 bits per heavy atom. The number of carbonyl (C=O) groups excluding carboxylic acids is 1. The zero-order valence-corrected chi connectivity index (χ0v) is 11.6. The maximum absolute atomic E-state index is 11.9. The van der Waals surface area contributed by atoms with E-state index in [1.54, 1.807) is 0 Å². The first kappa shape index (κ1) is 12.1. The van der Waals surface area contributed by atoms with Crippen molar-refractivity contribution in [3.05, 3.63) is 65.4 Å². The van der Waals surface area contributed by atoms with Crippen LogP contribution >= 0.6 is 0 Å². The molecule has 0 amide bonds. The van der Waals surface area contributed by atoms with Gasteiger partial charge in [-0.25, -0.2) is 9.78 Å². The van der Waals surface area contributed by atoms with Crippen molar-refractivity contribution in [3.63, 3.8) is 0 Å². The van der Waals surface area contributed by atoms with Crippen molar-refractivity contribution in [2.45, 2.75) is 13.5 Å². The zero-order valence-electron chi connectivity index (χ0n) is 11.6. The molecular formula is C18H13NO2. The Balaban J connectivity index is 2.16. The Morgan fingerprint density at radius 2 is 1.90 bits per heavy atom. The maximum atomic E-state index is 11.9. The number of carbonyl (C=O) groups is 1. The lowest BCUT2D eigenvalue weighted by atomic mass is 9.94. The lowest BCUT2D eigenvalue weighted by Crippen LogP contribution is -2.00. The number of cyclic esters (lactones) is 1. The number of aromatic nitrogens is 1. The van der Waals surface area contributed by atoms with Crippen molar-refractivity contribution < 1.29 is 9.53 Å². The molecule has 2 heterocycles. The van der Waals surface area contributed by atoms with Crippen LogP contribution in [-0.2, 0) is 11.3 Å². The van der Waals surface area contributed by atoms with E-state index in [0.717, 1.165) is 27.6 Å². The Hall–Kier alpha value is -2.68. The van der Waals surface area contributed by atoms with Crippen molar-refractivity contribution in [3.8, 4) is 11.1 Å². The van der Waals surface area contributed by atoms with Crippen LogP contribution in [0.15, 0.2) is 48.5 Å². The summed E-state index contributed by atoms with van der Waals surface area (Å²) in [7, 11) is 0. The molecule has 0 aliphatic carbocycles. The number of pyridine rings is 1. The predicted octanol–water partition coefficient (Wildman–Crippen LogP) is 3.88. The van der Waals surface area contributed by atoms with Gasteiger partial charge in [0.1, 0.15) is 6.61 Å². The van der Waals surface area contributed by atoms with Crippen LogP contribution in [0.3, 0.4) is 0 Å². The molecule has 1 aliphatic heterocycles. The van der Waals surface area contributed by atoms with Crippen LogP contribution in [0.2, 0.25) is 0 Å². The number of aryl methyl sites for hydroxylation is 1. The van der Waals surface area contributed by atoms with E-state index < -0.39 is 0 Å². The van der Waals surface area contributed by atoms with Gasteiger partial charge in [-0.3, -0.25) is 0 Å². The summed E-state index contributed by atoms with van der Waals surface area (Å²) >= 11 is 0. The van der Waals surface area contributed by atoms with Gasteiger partial charge in [0.05, 0.1) is 5.52 Å². The fraction of sp³-hybridized carbons (Fsp3) is 0.111. The number of nitrogens with zero attached hydrogens (tertiary/aromatic N) is 1. The lowest BCUT2D eigenvalue weighted by molar-refractivity contribution is 0.0531. The molecule has 0 radical (unpaired) electrons. The molecule has 1 aliphatic rings. The van der Waals surface area contributed by atoms with E-state index in [1.807, 2.05) is 30.3 Å². The van der Waals surface area contributed by atoms with E-state index in [4.69, 9.17) is 4.74 Å². The van der Waals surface area contributed by atoms with Crippen molar-refractivity contribution in [1.29, 1.82) is 0 Å². The summed E-state index contributed by atoms with van der Waals surface area (Å²) < 4.78 is 5.19. The van der Waals surface area contributed by atoms with Crippen LogP contribution in [0, 0.1) is 6.92 Å². The van der Waals surface area contributed by atoms with Gasteiger partial charge in [0, 0.05) is 16.5 Å². The van der Waals surface area contributed by atoms with E-state index in [2.05, 4.69) is 30.1 Å². The Labute approximate surface area is 122 Å². The van der Waals surface area contributed by atoms with Gasteiger partial charge < -0.3 is 4.74 Å². The summed E-state index contributed by atoms with van der Waals surface area (Å²) in [6, 6.07) is 16.2. The molecule has 102 valence electrons. The molecule has 21 heavy (non-hydrogen) atoms. The molecule has 3 nitrogen and oxygen atoms in total. The van der Waals surface area contributed by atoms with Gasteiger partial charge in [-0.05, 0) is 24.6 Å². The maximum Gasteiger partial charge on any atom is 0.357 e. The highest BCUT2D eigenvalue weighted by Crippen LogP contribution is 2.36. The fourth-order valence-corrected chi connectivity index (χ4v) is 2.87. The number of benzene rings is 2. The molecule has 0 fully saturated rings. The van der Waals surface area contributed by atoms with Crippen LogP contribution < -0.4 is 0 Å². The molecule has 0 unspecified atom stereocenters. The SMILES string of the molecule is Cc1ccc2nc3c(c(-c4ccccc4)c2c1)COC3=O. The summed E-state index contributed by atoms with van der Waals surface area (Å²) in [6.45, 7) is 2.36. The number of ether oxygens (including phenoxy) is 1. The van der Waals surface area contributed by atoms with Crippen LogP contribution in [0.1, 0.15) is 21.6 Å². The van der Waals surface area contributed by atoms with Crippen LogP contribution in [0.25, 0.3) is 22.0 Å². The molecule has 0 spiro atoms. The Kier molecular flexibility index (Phi) is 2.54. The van der Waals surface area contributed by atoms with Gasteiger partial charge in [0.15, 0.2) is 5.69 Å². The lowest BCUT2D eigenvalue weighted by Gasteiger charge is -2.11. The molecule has 3 heteroatoms. The summed E-state index contributed by atoms with van der Waals surface area (Å²) in [5, 5.41) is 1.07. The zero-order chi connectivity index (χ0) is 14.4. The normalized spacial score (nSPS) is 13.3. The topological polar surface area (TPSA) is 39.2 Å². The first-order chi connectivity index (χ1) is 10.2. The van der Waals surface area contributed by atoms with Crippen molar-refractivity contribution in [2.24, 2.45) is 0 Å². The third-order valence-corrected chi connectivity index (χ3v) is 3.84.